The van der Waals surface area contributed by atoms with Gasteiger partial charge in [0.05, 0.1) is 5.41 Å². The van der Waals surface area contributed by atoms with Crippen LogP contribution in [0.25, 0.3) is 11.1 Å². The number of rotatable bonds is 8. The molecule has 0 saturated carbocycles. The van der Waals surface area contributed by atoms with E-state index in [9.17, 15) is 0 Å². The predicted molar refractivity (Wildman–Crippen MR) is 259 cm³/mol. The molecule has 4 N–H and O–H groups in total. The number of ether oxygens (including phenoxy) is 2. The molecule has 0 aliphatic heterocycles. The summed E-state index contributed by atoms with van der Waals surface area (Å²) in [6.45, 7) is 32.0. The second kappa shape index (κ2) is 15.5. The van der Waals surface area contributed by atoms with E-state index in [0.717, 1.165) is 80.6 Å². The normalized spacial score (nSPS) is 13.8. The number of hydrogen-bond acceptors (Lipinski definition) is 4. The van der Waals surface area contributed by atoms with Crippen LogP contribution in [0.4, 0.5) is 11.4 Å². The van der Waals surface area contributed by atoms with Gasteiger partial charge < -0.3 is 20.9 Å². The van der Waals surface area contributed by atoms with Gasteiger partial charge in [-0.3, -0.25) is 0 Å². The lowest BCUT2D eigenvalue weighted by molar-refractivity contribution is 0.427. The fraction of sp³-hybridized carbons (Fsp3) is 0.368. The number of anilines is 2. The molecule has 0 amide bonds. The lowest BCUT2D eigenvalue weighted by Gasteiger charge is -2.40. The summed E-state index contributed by atoms with van der Waals surface area (Å²) in [6, 6.07) is 40.0. The van der Waals surface area contributed by atoms with Gasteiger partial charge in [-0.05, 0) is 140 Å². The smallest absolute Gasteiger partial charge is 0.134 e. The van der Waals surface area contributed by atoms with E-state index in [1.165, 1.54) is 33.4 Å². The molecule has 0 heterocycles. The zero-order valence-electron chi connectivity index (χ0n) is 39.3. The third kappa shape index (κ3) is 7.84. The average molecular weight is 813 g/mol. The van der Waals surface area contributed by atoms with Crippen LogP contribution in [0.3, 0.4) is 0 Å². The van der Waals surface area contributed by atoms with Gasteiger partial charge in [-0.25, -0.2) is 0 Å². The van der Waals surface area contributed by atoms with Crippen molar-refractivity contribution < 1.29 is 9.47 Å². The Bertz CT molecular complexity index is 2370. The van der Waals surface area contributed by atoms with Gasteiger partial charge >= 0.3 is 0 Å². The number of aryl methyl sites for hydroxylation is 2. The Balaban J connectivity index is 1.65. The molecule has 4 heteroatoms. The Morgan fingerprint density at radius 3 is 1.03 bits per heavy atom. The SMILES string of the molecule is CCc1cc(N)ccc1Oc1c(C(C)(C)C)cc(C2(c3cc(C(C)(C)C)c(Oc4ccc(N)cc4CC)c(C(C)(C)C)c3)c3ccccc3-c3ccccc32)cc1C(C)(C)C. The summed E-state index contributed by atoms with van der Waals surface area (Å²) in [4.78, 5) is 0. The Hall–Kier alpha value is -5.48. The zero-order chi connectivity index (χ0) is 44.4. The van der Waals surface area contributed by atoms with Crippen LogP contribution in [0.15, 0.2) is 109 Å². The monoisotopic (exact) mass is 813 g/mol. The molecule has 0 unspecified atom stereocenters. The maximum atomic E-state index is 7.21. The van der Waals surface area contributed by atoms with Crippen LogP contribution in [0.5, 0.6) is 23.0 Å². The van der Waals surface area contributed by atoms with E-state index >= 15 is 0 Å². The molecule has 0 fully saturated rings. The fourth-order valence-corrected chi connectivity index (χ4v) is 9.33. The summed E-state index contributed by atoms with van der Waals surface area (Å²) < 4.78 is 14.4. The van der Waals surface area contributed by atoms with Crippen LogP contribution < -0.4 is 20.9 Å². The van der Waals surface area contributed by atoms with Crippen molar-refractivity contribution >= 4 is 11.4 Å². The van der Waals surface area contributed by atoms with Crippen LogP contribution in [-0.4, -0.2) is 0 Å². The molecule has 0 spiro atoms. The van der Waals surface area contributed by atoms with Crippen molar-refractivity contribution in [3.8, 4) is 34.1 Å². The Morgan fingerprint density at radius 2 is 0.738 bits per heavy atom. The fourth-order valence-electron chi connectivity index (χ4n) is 9.33. The van der Waals surface area contributed by atoms with Gasteiger partial charge in [0.1, 0.15) is 23.0 Å². The molecular formula is C57H68N2O2. The largest absolute Gasteiger partial charge is 0.456 e. The third-order valence-electron chi connectivity index (χ3n) is 12.6. The second-order valence-corrected chi connectivity index (χ2v) is 21.3. The number of fused-ring (bicyclic) bond motifs is 3. The minimum atomic E-state index is -0.685. The minimum Gasteiger partial charge on any atom is -0.456 e. The van der Waals surface area contributed by atoms with Gasteiger partial charge in [-0.1, -0.05) is 145 Å². The van der Waals surface area contributed by atoms with Crippen LogP contribution in [0.1, 0.15) is 153 Å². The first-order chi connectivity index (χ1) is 28.5. The minimum absolute atomic E-state index is 0.273. The van der Waals surface area contributed by atoms with Gasteiger partial charge in [-0.2, -0.15) is 0 Å². The molecule has 6 aromatic carbocycles. The van der Waals surface area contributed by atoms with Crippen LogP contribution >= 0.6 is 0 Å². The van der Waals surface area contributed by atoms with E-state index < -0.39 is 5.41 Å². The molecule has 0 saturated heterocycles. The van der Waals surface area contributed by atoms with E-state index in [0.29, 0.717) is 0 Å². The van der Waals surface area contributed by atoms with Crippen LogP contribution in [0, 0.1) is 0 Å². The molecule has 7 rings (SSSR count). The molecule has 0 radical (unpaired) electrons. The van der Waals surface area contributed by atoms with Crippen molar-refractivity contribution in [2.24, 2.45) is 0 Å². The number of nitrogen functional groups attached to an aromatic ring is 2. The molecule has 4 nitrogen and oxygen atoms in total. The van der Waals surface area contributed by atoms with Crippen molar-refractivity contribution in [1.82, 2.24) is 0 Å². The molecule has 318 valence electrons. The summed E-state index contributed by atoms with van der Waals surface area (Å²) in [5.41, 5.74) is 26.7. The van der Waals surface area contributed by atoms with Gasteiger partial charge in [0.25, 0.3) is 0 Å². The van der Waals surface area contributed by atoms with E-state index in [4.69, 9.17) is 20.9 Å². The van der Waals surface area contributed by atoms with Gasteiger partial charge in [0.2, 0.25) is 0 Å². The van der Waals surface area contributed by atoms with E-state index in [-0.39, 0.29) is 21.7 Å². The highest BCUT2D eigenvalue weighted by molar-refractivity contribution is 5.87. The highest BCUT2D eigenvalue weighted by Crippen LogP contribution is 2.59. The van der Waals surface area contributed by atoms with E-state index in [2.05, 4.69) is 170 Å². The number of hydrogen-bond donors (Lipinski definition) is 2. The molecule has 1 aliphatic carbocycles. The second-order valence-electron chi connectivity index (χ2n) is 21.3. The molecule has 0 atom stereocenters. The summed E-state index contributed by atoms with van der Waals surface area (Å²) in [5.74, 6) is 3.53. The lowest BCUT2D eigenvalue weighted by atomic mass is 9.63. The molecule has 0 bridgehead atoms. The first kappa shape index (κ1) is 43.6. The summed E-state index contributed by atoms with van der Waals surface area (Å²) in [7, 11) is 0. The molecular weight excluding hydrogens is 745 g/mol. The van der Waals surface area contributed by atoms with Gasteiger partial charge in [0.15, 0.2) is 0 Å². The van der Waals surface area contributed by atoms with Crippen molar-refractivity contribution in [1.29, 1.82) is 0 Å². The standard InChI is InChI=1S/C57H68N2O2/c1-15-35-29-39(58)25-27-49(35)60-51-45(53(3,4)5)31-37(32-46(51)54(6,7)8)57(43-23-19-17-21-41(43)42-22-18-20-24-44(42)57)38-33-47(55(9,10)11)52(48(34-38)56(12,13)14)61-50-28-26-40(59)30-36(50)16-2/h17-34H,15-16,58-59H2,1-14H3. The van der Waals surface area contributed by atoms with E-state index in [1.54, 1.807) is 0 Å². The summed E-state index contributed by atoms with van der Waals surface area (Å²) in [6.07, 6.45) is 1.63. The molecule has 1 aliphatic rings. The van der Waals surface area contributed by atoms with Crippen molar-refractivity contribution in [3.63, 3.8) is 0 Å². The Kier molecular flexibility index (Phi) is 11.0. The van der Waals surface area contributed by atoms with E-state index in [1.807, 2.05) is 36.4 Å². The first-order valence-corrected chi connectivity index (χ1v) is 22.2. The quantitative estimate of drug-likeness (QED) is 0.150. The zero-order valence-corrected chi connectivity index (χ0v) is 39.3. The summed E-state index contributed by atoms with van der Waals surface area (Å²) >= 11 is 0. The van der Waals surface area contributed by atoms with Gasteiger partial charge in [-0.15, -0.1) is 0 Å². The van der Waals surface area contributed by atoms with Crippen LogP contribution in [-0.2, 0) is 39.9 Å². The van der Waals surface area contributed by atoms with Crippen molar-refractivity contribution in [2.45, 2.75) is 137 Å². The highest BCUT2D eigenvalue weighted by atomic mass is 16.5. The third-order valence-corrected chi connectivity index (χ3v) is 12.6. The Morgan fingerprint density at radius 1 is 0.426 bits per heavy atom. The maximum absolute atomic E-state index is 7.21. The highest BCUT2D eigenvalue weighted by Gasteiger charge is 2.48. The average Bonchev–Trinajstić information content (AvgIpc) is 3.48. The number of nitrogens with two attached hydrogens (primary N) is 2. The van der Waals surface area contributed by atoms with Crippen molar-refractivity contribution in [3.05, 3.63) is 165 Å². The molecule has 61 heavy (non-hydrogen) atoms. The predicted octanol–water partition coefficient (Wildman–Crippen LogP) is 15.1. The van der Waals surface area contributed by atoms with Crippen molar-refractivity contribution in [2.75, 3.05) is 11.5 Å². The molecule has 0 aromatic heterocycles. The maximum Gasteiger partial charge on any atom is 0.134 e. The molecule has 6 aromatic rings. The lowest BCUT2D eigenvalue weighted by Crippen LogP contribution is -2.32. The Labute approximate surface area is 366 Å². The number of benzene rings is 6. The first-order valence-electron chi connectivity index (χ1n) is 22.2. The summed E-state index contributed by atoms with van der Waals surface area (Å²) in [5, 5.41) is 0. The van der Waals surface area contributed by atoms with Crippen LogP contribution in [0.2, 0.25) is 0 Å². The topological polar surface area (TPSA) is 70.5 Å². The van der Waals surface area contributed by atoms with Gasteiger partial charge in [0, 0.05) is 33.6 Å².